The van der Waals surface area contributed by atoms with Crippen molar-refractivity contribution in [1.82, 2.24) is 4.98 Å². The van der Waals surface area contributed by atoms with E-state index in [2.05, 4.69) is 11.1 Å². The van der Waals surface area contributed by atoms with E-state index in [9.17, 15) is 0 Å². The van der Waals surface area contributed by atoms with Crippen LogP contribution in [-0.2, 0) is 6.42 Å². The number of alkyl halides is 1. The van der Waals surface area contributed by atoms with Crippen molar-refractivity contribution in [1.29, 1.82) is 0 Å². The highest BCUT2D eigenvalue weighted by Crippen LogP contribution is 2.58. The standard InChI is InChI=1S/C14H18ClN/c15-13(9-10-5-3-4-8-16-10)14-11-6-1-2-7-12(11)14/h3-5,8,11-14H,1-2,6-7,9H2. The Morgan fingerprint density at radius 2 is 2.00 bits per heavy atom. The molecule has 0 bridgehead atoms. The summed E-state index contributed by atoms with van der Waals surface area (Å²) < 4.78 is 0. The molecule has 3 atom stereocenters. The van der Waals surface area contributed by atoms with Crippen molar-refractivity contribution in [2.75, 3.05) is 0 Å². The van der Waals surface area contributed by atoms with Crippen molar-refractivity contribution < 1.29 is 0 Å². The van der Waals surface area contributed by atoms with Crippen LogP contribution >= 0.6 is 11.6 Å². The van der Waals surface area contributed by atoms with Gasteiger partial charge in [0.1, 0.15) is 0 Å². The van der Waals surface area contributed by atoms with Crippen LogP contribution < -0.4 is 0 Å². The van der Waals surface area contributed by atoms with E-state index in [0.29, 0.717) is 5.38 Å². The molecule has 86 valence electrons. The summed E-state index contributed by atoms with van der Waals surface area (Å²) in [6, 6.07) is 6.09. The summed E-state index contributed by atoms with van der Waals surface area (Å²) in [4.78, 5) is 4.36. The lowest BCUT2D eigenvalue weighted by Gasteiger charge is -2.08. The maximum absolute atomic E-state index is 6.55. The predicted molar refractivity (Wildman–Crippen MR) is 66.5 cm³/mol. The zero-order valence-electron chi connectivity index (χ0n) is 9.48. The molecule has 1 heterocycles. The number of aromatic nitrogens is 1. The third-order valence-corrected chi connectivity index (χ3v) is 4.72. The normalized spacial score (nSPS) is 34.2. The number of pyridine rings is 1. The molecule has 2 heteroatoms. The van der Waals surface area contributed by atoms with Crippen LogP contribution in [0.5, 0.6) is 0 Å². The summed E-state index contributed by atoms with van der Waals surface area (Å²) in [5.74, 6) is 2.67. The van der Waals surface area contributed by atoms with E-state index in [1.54, 1.807) is 0 Å². The molecule has 3 unspecified atom stereocenters. The van der Waals surface area contributed by atoms with Crippen molar-refractivity contribution in [3.8, 4) is 0 Å². The fraction of sp³-hybridized carbons (Fsp3) is 0.643. The fourth-order valence-electron chi connectivity index (χ4n) is 3.44. The molecular formula is C14H18ClN. The highest BCUT2D eigenvalue weighted by molar-refractivity contribution is 6.21. The lowest BCUT2D eigenvalue weighted by atomic mass is 10.0. The highest BCUT2D eigenvalue weighted by atomic mass is 35.5. The van der Waals surface area contributed by atoms with E-state index in [4.69, 9.17) is 11.6 Å². The maximum Gasteiger partial charge on any atom is 0.0425 e. The van der Waals surface area contributed by atoms with Crippen LogP contribution in [0.4, 0.5) is 0 Å². The lowest BCUT2D eigenvalue weighted by molar-refractivity contribution is 0.480. The molecule has 1 nitrogen and oxygen atoms in total. The Labute approximate surface area is 102 Å². The monoisotopic (exact) mass is 235 g/mol. The molecule has 1 aromatic heterocycles. The first kappa shape index (κ1) is 10.6. The van der Waals surface area contributed by atoms with Gasteiger partial charge >= 0.3 is 0 Å². The number of hydrogen-bond donors (Lipinski definition) is 0. The molecule has 0 aliphatic heterocycles. The second-order valence-electron chi connectivity index (χ2n) is 5.23. The third-order valence-electron chi connectivity index (χ3n) is 4.27. The maximum atomic E-state index is 6.55. The van der Waals surface area contributed by atoms with Gasteiger partial charge in [0.15, 0.2) is 0 Å². The van der Waals surface area contributed by atoms with Crippen LogP contribution in [0.25, 0.3) is 0 Å². The Bertz CT molecular complexity index is 339. The molecular weight excluding hydrogens is 218 g/mol. The minimum absolute atomic E-state index is 0.308. The van der Waals surface area contributed by atoms with Crippen molar-refractivity contribution in [3.63, 3.8) is 0 Å². The third kappa shape index (κ3) is 1.98. The summed E-state index contributed by atoms with van der Waals surface area (Å²) in [5.41, 5.74) is 1.14. The Morgan fingerprint density at radius 1 is 1.25 bits per heavy atom. The van der Waals surface area contributed by atoms with Crippen LogP contribution in [0, 0.1) is 17.8 Å². The average Bonchev–Trinajstić information content (AvgIpc) is 3.04. The molecule has 0 aromatic carbocycles. The van der Waals surface area contributed by atoms with Crippen molar-refractivity contribution in [2.45, 2.75) is 37.5 Å². The summed E-state index contributed by atoms with van der Waals surface area (Å²) in [7, 11) is 0. The van der Waals surface area contributed by atoms with Crippen LogP contribution in [0.3, 0.4) is 0 Å². The van der Waals surface area contributed by atoms with Crippen LogP contribution in [0.15, 0.2) is 24.4 Å². The highest BCUT2D eigenvalue weighted by Gasteiger charge is 2.53. The second kappa shape index (κ2) is 4.37. The minimum atomic E-state index is 0.308. The van der Waals surface area contributed by atoms with E-state index in [-0.39, 0.29) is 0 Å². The van der Waals surface area contributed by atoms with Gasteiger partial charge in [0.25, 0.3) is 0 Å². The van der Waals surface area contributed by atoms with E-state index in [1.165, 1.54) is 25.7 Å². The van der Waals surface area contributed by atoms with Gasteiger partial charge in [-0.3, -0.25) is 4.98 Å². The summed E-state index contributed by atoms with van der Waals surface area (Å²) in [6.07, 6.45) is 8.48. The van der Waals surface area contributed by atoms with Gasteiger partial charge in [0, 0.05) is 23.7 Å². The van der Waals surface area contributed by atoms with Gasteiger partial charge < -0.3 is 0 Å². The van der Waals surface area contributed by atoms with Gasteiger partial charge in [-0.25, -0.2) is 0 Å². The Hall–Kier alpha value is -0.560. The Balaban J connectivity index is 1.60. The SMILES string of the molecule is ClC(Cc1ccccn1)C1C2CCCCC21. The van der Waals surface area contributed by atoms with Crippen molar-refractivity contribution >= 4 is 11.6 Å². The Kier molecular flexibility index (Phi) is 2.89. The molecule has 0 saturated heterocycles. The molecule has 3 rings (SSSR count). The van der Waals surface area contributed by atoms with Crippen LogP contribution in [0.1, 0.15) is 31.4 Å². The van der Waals surface area contributed by atoms with Crippen molar-refractivity contribution in [3.05, 3.63) is 30.1 Å². The smallest absolute Gasteiger partial charge is 0.0425 e. The lowest BCUT2D eigenvalue weighted by Crippen LogP contribution is -2.09. The van der Waals surface area contributed by atoms with Gasteiger partial charge in [-0.1, -0.05) is 18.9 Å². The van der Waals surface area contributed by atoms with Gasteiger partial charge in [0.05, 0.1) is 0 Å². The van der Waals surface area contributed by atoms with E-state index >= 15 is 0 Å². The minimum Gasteiger partial charge on any atom is -0.261 e. The number of rotatable bonds is 3. The average molecular weight is 236 g/mol. The summed E-state index contributed by atoms with van der Waals surface area (Å²) >= 11 is 6.55. The number of hydrogen-bond acceptors (Lipinski definition) is 1. The largest absolute Gasteiger partial charge is 0.261 e. The van der Waals surface area contributed by atoms with Gasteiger partial charge in [-0.05, 0) is 42.7 Å². The van der Waals surface area contributed by atoms with Gasteiger partial charge in [0.2, 0.25) is 0 Å². The summed E-state index contributed by atoms with van der Waals surface area (Å²) in [6.45, 7) is 0. The zero-order chi connectivity index (χ0) is 11.0. The molecule has 16 heavy (non-hydrogen) atoms. The molecule has 2 aliphatic carbocycles. The second-order valence-corrected chi connectivity index (χ2v) is 5.79. The number of halogens is 1. The van der Waals surface area contributed by atoms with E-state index in [0.717, 1.165) is 29.9 Å². The molecule has 0 N–H and O–H groups in total. The van der Waals surface area contributed by atoms with Crippen LogP contribution in [0.2, 0.25) is 0 Å². The fourth-order valence-corrected chi connectivity index (χ4v) is 3.97. The molecule has 0 spiro atoms. The first-order valence-electron chi connectivity index (χ1n) is 6.40. The van der Waals surface area contributed by atoms with Crippen molar-refractivity contribution in [2.24, 2.45) is 17.8 Å². The number of fused-ring (bicyclic) bond motifs is 1. The molecule has 0 amide bonds. The van der Waals surface area contributed by atoms with Gasteiger partial charge in [-0.15, -0.1) is 11.6 Å². The first-order chi connectivity index (χ1) is 7.86. The Morgan fingerprint density at radius 3 is 2.62 bits per heavy atom. The van der Waals surface area contributed by atoms with Crippen LogP contribution in [-0.4, -0.2) is 10.4 Å². The molecule has 1 aromatic rings. The molecule has 0 radical (unpaired) electrons. The van der Waals surface area contributed by atoms with Gasteiger partial charge in [-0.2, -0.15) is 0 Å². The molecule has 2 aliphatic rings. The number of nitrogens with zero attached hydrogens (tertiary/aromatic N) is 1. The molecule has 2 saturated carbocycles. The summed E-state index contributed by atoms with van der Waals surface area (Å²) in [5, 5.41) is 0.308. The molecule has 2 fully saturated rings. The quantitative estimate of drug-likeness (QED) is 0.729. The predicted octanol–water partition coefficient (Wildman–Crippen LogP) is 3.67. The van der Waals surface area contributed by atoms with E-state index < -0.39 is 0 Å². The topological polar surface area (TPSA) is 12.9 Å². The van der Waals surface area contributed by atoms with E-state index in [1.807, 2.05) is 18.3 Å². The zero-order valence-corrected chi connectivity index (χ0v) is 10.2. The first-order valence-corrected chi connectivity index (χ1v) is 6.84.